The largest absolute Gasteiger partial charge is 0.478 e. The number of aryl methyl sites for hydroxylation is 1. The van der Waals surface area contributed by atoms with Crippen LogP contribution in [0, 0.1) is 6.92 Å². The number of amides is 1. The number of carboxylic acid groups (broad SMARTS) is 1. The fourth-order valence-electron chi connectivity index (χ4n) is 1.75. The molecule has 0 saturated heterocycles. The number of aromatic carboxylic acids is 1. The lowest BCUT2D eigenvalue weighted by molar-refractivity contribution is -0.115. The average Bonchev–Trinajstić information content (AvgIpc) is 2.71. The van der Waals surface area contributed by atoms with E-state index in [0.717, 1.165) is 5.56 Å². The third kappa shape index (κ3) is 3.20. The van der Waals surface area contributed by atoms with E-state index in [0.29, 0.717) is 10.6 Å². The maximum absolute atomic E-state index is 11.9. The van der Waals surface area contributed by atoms with E-state index in [-0.39, 0.29) is 17.9 Å². The van der Waals surface area contributed by atoms with Gasteiger partial charge in [0.1, 0.15) is 5.00 Å². The van der Waals surface area contributed by atoms with Gasteiger partial charge in [-0.15, -0.1) is 11.3 Å². The Balaban J connectivity index is 2.10. The first-order valence-corrected chi connectivity index (χ1v) is 6.61. The van der Waals surface area contributed by atoms with Crippen molar-refractivity contribution >= 4 is 28.2 Å². The second kappa shape index (κ2) is 5.67. The van der Waals surface area contributed by atoms with Crippen LogP contribution in [0.5, 0.6) is 0 Å². The SMILES string of the molecule is Cc1csc(NC(=O)Cc2ccccc2)c1C(=O)O. The second-order valence-electron chi connectivity index (χ2n) is 4.14. The molecule has 1 aromatic carbocycles. The van der Waals surface area contributed by atoms with Crippen molar-refractivity contribution in [2.75, 3.05) is 5.32 Å². The summed E-state index contributed by atoms with van der Waals surface area (Å²) >= 11 is 1.23. The van der Waals surface area contributed by atoms with Crippen LogP contribution < -0.4 is 5.32 Å². The van der Waals surface area contributed by atoms with Gasteiger partial charge in [0.2, 0.25) is 5.91 Å². The Labute approximate surface area is 114 Å². The minimum absolute atomic E-state index is 0.173. The van der Waals surface area contributed by atoms with Crippen molar-refractivity contribution in [2.45, 2.75) is 13.3 Å². The zero-order chi connectivity index (χ0) is 13.8. The molecule has 0 aliphatic rings. The zero-order valence-electron chi connectivity index (χ0n) is 10.3. The minimum Gasteiger partial charge on any atom is -0.478 e. The molecule has 0 spiro atoms. The molecule has 0 aliphatic carbocycles. The molecule has 1 heterocycles. The summed E-state index contributed by atoms with van der Waals surface area (Å²) in [7, 11) is 0. The summed E-state index contributed by atoms with van der Waals surface area (Å²) in [6, 6.07) is 9.32. The van der Waals surface area contributed by atoms with E-state index < -0.39 is 5.97 Å². The molecule has 0 aliphatic heterocycles. The highest BCUT2D eigenvalue weighted by atomic mass is 32.1. The van der Waals surface area contributed by atoms with Crippen molar-refractivity contribution in [1.29, 1.82) is 0 Å². The van der Waals surface area contributed by atoms with Gasteiger partial charge in [-0.05, 0) is 23.4 Å². The highest BCUT2D eigenvalue weighted by Crippen LogP contribution is 2.27. The first-order chi connectivity index (χ1) is 9.08. The quantitative estimate of drug-likeness (QED) is 0.901. The van der Waals surface area contributed by atoms with E-state index in [4.69, 9.17) is 5.11 Å². The fraction of sp³-hybridized carbons (Fsp3) is 0.143. The number of hydrogen-bond acceptors (Lipinski definition) is 3. The zero-order valence-corrected chi connectivity index (χ0v) is 11.2. The number of carboxylic acids is 1. The molecule has 0 unspecified atom stereocenters. The highest BCUT2D eigenvalue weighted by Gasteiger charge is 2.17. The average molecular weight is 275 g/mol. The molecule has 0 radical (unpaired) electrons. The number of hydrogen-bond donors (Lipinski definition) is 2. The molecule has 5 heteroatoms. The van der Waals surface area contributed by atoms with Crippen molar-refractivity contribution in [1.82, 2.24) is 0 Å². The molecule has 0 fully saturated rings. The molecule has 0 atom stereocenters. The molecule has 1 aromatic heterocycles. The topological polar surface area (TPSA) is 66.4 Å². The number of carbonyl (C=O) groups excluding carboxylic acids is 1. The van der Waals surface area contributed by atoms with E-state index in [1.165, 1.54) is 11.3 Å². The fourth-order valence-corrected chi connectivity index (χ4v) is 2.71. The maximum Gasteiger partial charge on any atom is 0.338 e. The number of nitrogens with one attached hydrogen (secondary N) is 1. The molecule has 1 amide bonds. The molecule has 98 valence electrons. The maximum atomic E-state index is 11.9. The Morgan fingerprint density at radius 3 is 2.58 bits per heavy atom. The van der Waals surface area contributed by atoms with Crippen LogP contribution in [0.4, 0.5) is 5.00 Å². The van der Waals surface area contributed by atoms with Gasteiger partial charge in [0, 0.05) is 0 Å². The molecule has 2 rings (SSSR count). The van der Waals surface area contributed by atoms with Crippen molar-refractivity contribution < 1.29 is 14.7 Å². The van der Waals surface area contributed by atoms with Crippen molar-refractivity contribution in [3.05, 3.63) is 52.4 Å². The molecule has 0 saturated carbocycles. The predicted octanol–water partition coefficient (Wildman–Crippen LogP) is 2.94. The Hall–Kier alpha value is -2.14. The predicted molar refractivity (Wildman–Crippen MR) is 74.8 cm³/mol. The van der Waals surface area contributed by atoms with Crippen LogP contribution in [-0.4, -0.2) is 17.0 Å². The standard InChI is InChI=1S/C14H13NO3S/c1-9-8-19-13(12(9)14(17)18)15-11(16)7-10-5-3-2-4-6-10/h2-6,8H,7H2,1H3,(H,15,16)(H,17,18). The molecule has 0 bridgehead atoms. The normalized spacial score (nSPS) is 10.2. The summed E-state index contributed by atoms with van der Waals surface area (Å²) in [5.74, 6) is -1.23. The van der Waals surface area contributed by atoms with Gasteiger partial charge in [-0.1, -0.05) is 30.3 Å². The lowest BCUT2D eigenvalue weighted by Crippen LogP contribution is -2.15. The second-order valence-corrected chi connectivity index (χ2v) is 5.02. The van der Waals surface area contributed by atoms with E-state index >= 15 is 0 Å². The van der Waals surface area contributed by atoms with Crippen LogP contribution in [-0.2, 0) is 11.2 Å². The van der Waals surface area contributed by atoms with Gasteiger partial charge >= 0.3 is 5.97 Å². The number of rotatable bonds is 4. The van der Waals surface area contributed by atoms with Crippen molar-refractivity contribution in [3.8, 4) is 0 Å². The molecular formula is C14H13NO3S. The van der Waals surface area contributed by atoms with Gasteiger partial charge in [-0.3, -0.25) is 4.79 Å². The summed E-state index contributed by atoms with van der Waals surface area (Å²) in [5.41, 5.74) is 1.73. The third-order valence-electron chi connectivity index (χ3n) is 2.65. The lowest BCUT2D eigenvalue weighted by Gasteiger charge is -2.04. The Morgan fingerprint density at radius 2 is 1.95 bits per heavy atom. The van der Waals surface area contributed by atoms with Gasteiger partial charge < -0.3 is 10.4 Å². The third-order valence-corrected chi connectivity index (χ3v) is 3.66. The molecular weight excluding hydrogens is 262 g/mol. The Morgan fingerprint density at radius 1 is 1.26 bits per heavy atom. The summed E-state index contributed by atoms with van der Waals surface area (Å²) in [5, 5.41) is 13.9. The molecule has 2 aromatic rings. The van der Waals surface area contributed by atoms with Crippen LogP contribution in [0.1, 0.15) is 21.5 Å². The molecule has 2 N–H and O–H groups in total. The first-order valence-electron chi connectivity index (χ1n) is 5.73. The van der Waals surface area contributed by atoms with Crippen LogP contribution in [0.3, 0.4) is 0 Å². The van der Waals surface area contributed by atoms with Gasteiger partial charge in [-0.25, -0.2) is 4.79 Å². The molecule has 4 nitrogen and oxygen atoms in total. The van der Waals surface area contributed by atoms with Gasteiger partial charge in [0.15, 0.2) is 0 Å². The first kappa shape index (κ1) is 13.3. The van der Waals surface area contributed by atoms with Crippen LogP contribution >= 0.6 is 11.3 Å². The Kier molecular flexibility index (Phi) is 3.97. The van der Waals surface area contributed by atoms with Crippen LogP contribution in [0.15, 0.2) is 35.7 Å². The van der Waals surface area contributed by atoms with Crippen LogP contribution in [0.25, 0.3) is 0 Å². The van der Waals surface area contributed by atoms with Crippen molar-refractivity contribution in [2.24, 2.45) is 0 Å². The lowest BCUT2D eigenvalue weighted by atomic mass is 10.1. The van der Waals surface area contributed by atoms with Gasteiger partial charge in [-0.2, -0.15) is 0 Å². The van der Waals surface area contributed by atoms with E-state index in [9.17, 15) is 9.59 Å². The van der Waals surface area contributed by atoms with Crippen molar-refractivity contribution in [3.63, 3.8) is 0 Å². The summed E-state index contributed by atoms with van der Waals surface area (Å²) in [6.45, 7) is 1.72. The minimum atomic E-state index is -1.02. The highest BCUT2D eigenvalue weighted by molar-refractivity contribution is 7.15. The Bertz CT molecular complexity index is 604. The van der Waals surface area contributed by atoms with E-state index in [2.05, 4.69) is 5.32 Å². The van der Waals surface area contributed by atoms with Gasteiger partial charge in [0.05, 0.1) is 12.0 Å². The summed E-state index contributed by atoms with van der Waals surface area (Å²) in [6.07, 6.45) is 0.233. The van der Waals surface area contributed by atoms with Gasteiger partial charge in [0.25, 0.3) is 0 Å². The van der Waals surface area contributed by atoms with Crippen LogP contribution in [0.2, 0.25) is 0 Å². The smallest absolute Gasteiger partial charge is 0.338 e. The van der Waals surface area contributed by atoms with E-state index in [1.54, 1.807) is 12.3 Å². The number of carbonyl (C=O) groups is 2. The summed E-state index contributed by atoms with van der Waals surface area (Å²) in [4.78, 5) is 23.0. The monoisotopic (exact) mass is 275 g/mol. The summed E-state index contributed by atoms with van der Waals surface area (Å²) < 4.78 is 0. The molecule has 19 heavy (non-hydrogen) atoms. The van der Waals surface area contributed by atoms with E-state index in [1.807, 2.05) is 30.3 Å². The number of anilines is 1. The number of benzene rings is 1. The number of thiophene rings is 1.